The highest BCUT2D eigenvalue weighted by molar-refractivity contribution is 7.87. The van der Waals surface area contributed by atoms with Crippen molar-refractivity contribution in [2.75, 3.05) is 13.1 Å². The number of nitrogens with one attached hydrogen (secondary N) is 1. The second-order valence-electron chi connectivity index (χ2n) is 4.73. The first-order chi connectivity index (χ1) is 7.63. The summed E-state index contributed by atoms with van der Waals surface area (Å²) in [7, 11) is -3.26. The molecule has 0 spiro atoms. The molecule has 0 bridgehead atoms. The van der Waals surface area contributed by atoms with E-state index in [1.165, 1.54) is 0 Å². The molecule has 0 aromatic heterocycles. The van der Waals surface area contributed by atoms with Gasteiger partial charge < -0.3 is 5.73 Å². The molecule has 1 heterocycles. The number of nitrogens with two attached hydrogens (primary N) is 1. The molecular formula is C10H21N3O2S. The fourth-order valence-electron chi connectivity index (χ4n) is 2.25. The Morgan fingerprint density at radius 3 is 2.62 bits per heavy atom. The van der Waals surface area contributed by atoms with Crippen LogP contribution in [0, 0.1) is 0 Å². The number of piperidine rings is 1. The Kier molecular flexibility index (Phi) is 3.84. The van der Waals surface area contributed by atoms with Gasteiger partial charge in [0.05, 0.1) is 0 Å². The first-order valence-electron chi connectivity index (χ1n) is 6.12. The van der Waals surface area contributed by atoms with Crippen molar-refractivity contribution in [2.24, 2.45) is 5.73 Å². The highest BCUT2D eigenvalue weighted by Crippen LogP contribution is 2.25. The molecule has 0 radical (unpaired) electrons. The smallest absolute Gasteiger partial charge is 0.279 e. The van der Waals surface area contributed by atoms with Crippen LogP contribution >= 0.6 is 0 Å². The van der Waals surface area contributed by atoms with Crippen molar-refractivity contribution in [3.63, 3.8) is 0 Å². The SMILES string of the molecule is NCCC1CCCCN1S(=O)(=O)NC1CC1. The zero-order valence-corrected chi connectivity index (χ0v) is 10.4. The number of rotatable bonds is 5. The van der Waals surface area contributed by atoms with E-state index < -0.39 is 10.2 Å². The first-order valence-corrected chi connectivity index (χ1v) is 7.56. The Balaban J connectivity index is 2.02. The Bertz CT molecular complexity index is 325. The van der Waals surface area contributed by atoms with Gasteiger partial charge in [0.15, 0.2) is 0 Å². The first kappa shape index (κ1) is 12.3. The van der Waals surface area contributed by atoms with Crippen LogP contribution in [-0.2, 0) is 10.2 Å². The maximum atomic E-state index is 12.1. The minimum Gasteiger partial charge on any atom is -0.330 e. The highest BCUT2D eigenvalue weighted by atomic mass is 32.2. The second kappa shape index (κ2) is 5.00. The number of hydrogen-bond donors (Lipinski definition) is 2. The predicted molar refractivity (Wildman–Crippen MR) is 63.1 cm³/mol. The maximum Gasteiger partial charge on any atom is 0.279 e. The molecule has 2 fully saturated rings. The van der Waals surface area contributed by atoms with E-state index in [0.29, 0.717) is 13.1 Å². The van der Waals surface area contributed by atoms with Crippen LogP contribution in [0.2, 0.25) is 0 Å². The molecule has 1 atom stereocenters. The second-order valence-corrected chi connectivity index (χ2v) is 6.39. The summed E-state index contributed by atoms with van der Waals surface area (Å²) in [6.07, 6.45) is 5.75. The molecule has 5 nitrogen and oxygen atoms in total. The molecule has 1 aliphatic carbocycles. The van der Waals surface area contributed by atoms with Gasteiger partial charge in [-0.15, -0.1) is 0 Å². The average Bonchev–Trinajstić information content (AvgIpc) is 3.02. The Labute approximate surface area is 97.6 Å². The van der Waals surface area contributed by atoms with E-state index in [1.807, 2.05) is 0 Å². The fourth-order valence-corrected chi connectivity index (χ4v) is 4.02. The summed E-state index contributed by atoms with van der Waals surface area (Å²) in [5.74, 6) is 0. The minimum absolute atomic E-state index is 0.106. The van der Waals surface area contributed by atoms with Crippen LogP contribution in [0.1, 0.15) is 38.5 Å². The van der Waals surface area contributed by atoms with Crippen LogP contribution in [0.15, 0.2) is 0 Å². The molecule has 0 aromatic carbocycles. The predicted octanol–water partition coefficient (Wildman–Crippen LogP) is 0.187. The van der Waals surface area contributed by atoms with E-state index >= 15 is 0 Å². The van der Waals surface area contributed by atoms with Crippen LogP contribution in [0.4, 0.5) is 0 Å². The zero-order valence-electron chi connectivity index (χ0n) is 9.56. The minimum atomic E-state index is -3.26. The molecule has 2 aliphatic rings. The third-order valence-electron chi connectivity index (χ3n) is 3.27. The fraction of sp³-hybridized carbons (Fsp3) is 1.00. The van der Waals surface area contributed by atoms with Gasteiger partial charge in [0.2, 0.25) is 0 Å². The quantitative estimate of drug-likeness (QED) is 0.728. The number of hydrogen-bond acceptors (Lipinski definition) is 3. The van der Waals surface area contributed by atoms with Crippen LogP contribution < -0.4 is 10.5 Å². The Hall–Kier alpha value is -0.170. The van der Waals surface area contributed by atoms with Crippen molar-refractivity contribution in [1.29, 1.82) is 0 Å². The molecule has 6 heteroatoms. The maximum absolute atomic E-state index is 12.1. The van der Waals surface area contributed by atoms with Gasteiger partial charge in [0.1, 0.15) is 0 Å². The van der Waals surface area contributed by atoms with Crippen molar-refractivity contribution in [1.82, 2.24) is 9.03 Å². The van der Waals surface area contributed by atoms with Gasteiger partial charge in [0, 0.05) is 18.6 Å². The van der Waals surface area contributed by atoms with Crippen molar-refractivity contribution < 1.29 is 8.42 Å². The standard InChI is InChI=1S/C10H21N3O2S/c11-7-6-10-3-1-2-8-13(10)16(14,15)12-9-4-5-9/h9-10,12H,1-8,11H2. The van der Waals surface area contributed by atoms with E-state index in [1.54, 1.807) is 4.31 Å². The molecule has 16 heavy (non-hydrogen) atoms. The Morgan fingerprint density at radius 2 is 2.00 bits per heavy atom. The normalized spacial score (nSPS) is 28.2. The van der Waals surface area contributed by atoms with Crippen molar-refractivity contribution in [3.8, 4) is 0 Å². The Morgan fingerprint density at radius 1 is 1.25 bits per heavy atom. The van der Waals surface area contributed by atoms with E-state index in [0.717, 1.165) is 38.5 Å². The summed E-state index contributed by atoms with van der Waals surface area (Å²) in [5, 5.41) is 0. The third-order valence-corrected chi connectivity index (χ3v) is 5.00. The lowest BCUT2D eigenvalue weighted by atomic mass is 10.0. The van der Waals surface area contributed by atoms with E-state index in [9.17, 15) is 8.42 Å². The largest absolute Gasteiger partial charge is 0.330 e. The van der Waals surface area contributed by atoms with E-state index in [4.69, 9.17) is 5.73 Å². The topological polar surface area (TPSA) is 75.4 Å². The van der Waals surface area contributed by atoms with Gasteiger partial charge in [0.25, 0.3) is 10.2 Å². The van der Waals surface area contributed by atoms with Crippen molar-refractivity contribution in [2.45, 2.75) is 50.6 Å². The van der Waals surface area contributed by atoms with Gasteiger partial charge >= 0.3 is 0 Å². The lowest BCUT2D eigenvalue weighted by Crippen LogP contribution is -2.50. The summed E-state index contributed by atoms with van der Waals surface area (Å²) < 4.78 is 28.6. The van der Waals surface area contributed by atoms with Crippen LogP contribution in [0.25, 0.3) is 0 Å². The number of nitrogens with zero attached hydrogens (tertiary/aromatic N) is 1. The van der Waals surface area contributed by atoms with Gasteiger partial charge in [-0.05, 0) is 38.6 Å². The summed E-state index contributed by atoms with van der Waals surface area (Å²) in [4.78, 5) is 0. The molecule has 1 aliphatic heterocycles. The summed E-state index contributed by atoms with van der Waals surface area (Å²) >= 11 is 0. The summed E-state index contributed by atoms with van der Waals surface area (Å²) in [6.45, 7) is 1.20. The van der Waals surface area contributed by atoms with Gasteiger partial charge in [-0.2, -0.15) is 17.4 Å². The zero-order chi connectivity index (χ0) is 11.6. The molecule has 0 aromatic rings. The average molecular weight is 247 g/mol. The van der Waals surface area contributed by atoms with Crippen LogP contribution in [-0.4, -0.2) is 37.9 Å². The molecular weight excluding hydrogens is 226 g/mol. The van der Waals surface area contributed by atoms with Crippen molar-refractivity contribution >= 4 is 10.2 Å². The van der Waals surface area contributed by atoms with Gasteiger partial charge in [-0.1, -0.05) is 6.42 Å². The lowest BCUT2D eigenvalue weighted by Gasteiger charge is -2.34. The van der Waals surface area contributed by atoms with Crippen molar-refractivity contribution in [3.05, 3.63) is 0 Å². The molecule has 2 rings (SSSR count). The van der Waals surface area contributed by atoms with E-state index in [2.05, 4.69) is 4.72 Å². The molecule has 1 saturated heterocycles. The van der Waals surface area contributed by atoms with Gasteiger partial charge in [-0.25, -0.2) is 0 Å². The summed E-state index contributed by atoms with van der Waals surface area (Å²) in [6, 6.07) is 0.292. The van der Waals surface area contributed by atoms with E-state index in [-0.39, 0.29) is 12.1 Å². The molecule has 0 amide bonds. The third kappa shape index (κ3) is 2.94. The van der Waals surface area contributed by atoms with Crippen LogP contribution in [0.3, 0.4) is 0 Å². The molecule has 94 valence electrons. The van der Waals surface area contributed by atoms with Gasteiger partial charge in [-0.3, -0.25) is 0 Å². The molecule has 3 N–H and O–H groups in total. The molecule has 1 saturated carbocycles. The molecule has 1 unspecified atom stereocenters. The van der Waals surface area contributed by atoms with Crippen LogP contribution in [0.5, 0.6) is 0 Å². The lowest BCUT2D eigenvalue weighted by molar-refractivity contribution is 0.240. The highest BCUT2D eigenvalue weighted by Gasteiger charge is 2.35. The monoisotopic (exact) mass is 247 g/mol. The summed E-state index contributed by atoms with van der Waals surface area (Å²) in [5.41, 5.74) is 5.54.